The van der Waals surface area contributed by atoms with Crippen LogP contribution in [0.3, 0.4) is 0 Å². The third-order valence-corrected chi connectivity index (χ3v) is 4.94. The van der Waals surface area contributed by atoms with Crippen LogP contribution in [0.25, 0.3) is 0 Å². The molecule has 0 atom stereocenters. The van der Waals surface area contributed by atoms with E-state index in [1.807, 2.05) is 30.2 Å². The number of pyridine rings is 1. The molecule has 2 aromatic rings. The molecule has 0 N–H and O–H groups in total. The van der Waals surface area contributed by atoms with E-state index in [2.05, 4.69) is 42.1 Å². The number of rotatable bonds is 4. The number of anilines is 1. The van der Waals surface area contributed by atoms with Gasteiger partial charge in [0.15, 0.2) is 0 Å². The van der Waals surface area contributed by atoms with Gasteiger partial charge >= 0.3 is 0 Å². The Morgan fingerprint density at radius 2 is 1.96 bits per heavy atom. The number of piperazine rings is 1. The fourth-order valence-electron chi connectivity index (χ4n) is 3.44. The van der Waals surface area contributed by atoms with Gasteiger partial charge in [-0.2, -0.15) is 0 Å². The van der Waals surface area contributed by atoms with E-state index in [9.17, 15) is 0 Å². The van der Waals surface area contributed by atoms with E-state index in [1.54, 1.807) is 0 Å². The Morgan fingerprint density at radius 3 is 2.61 bits per heavy atom. The van der Waals surface area contributed by atoms with Crippen molar-refractivity contribution in [3.05, 3.63) is 36.3 Å². The summed E-state index contributed by atoms with van der Waals surface area (Å²) in [5.41, 5.74) is 1.18. The Hall–Kier alpha value is -1.99. The summed E-state index contributed by atoms with van der Waals surface area (Å²) in [6.07, 6.45) is 3.73. The molecule has 0 amide bonds. The molecule has 23 heavy (non-hydrogen) atoms. The lowest BCUT2D eigenvalue weighted by atomic mass is 10.1. The molecule has 0 radical (unpaired) electrons. The normalized spacial score (nSPS) is 20.7. The first-order chi connectivity index (χ1) is 11.3. The maximum Gasteiger partial charge on any atom is 0.128 e. The van der Waals surface area contributed by atoms with E-state index in [1.165, 1.54) is 5.69 Å². The zero-order valence-corrected chi connectivity index (χ0v) is 13.5. The highest BCUT2D eigenvalue weighted by molar-refractivity contribution is 5.38. The predicted octanol–water partition coefficient (Wildman–Crippen LogP) is 0.217. The molecule has 4 heterocycles. The van der Waals surface area contributed by atoms with E-state index in [0.717, 1.165) is 51.6 Å². The van der Waals surface area contributed by atoms with E-state index < -0.39 is 0 Å². The Labute approximate surface area is 136 Å². The third-order valence-electron chi connectivity index (χ3n) is 4.94. The van der Waals surface area contributed by atoms with Crippen LogP contribution in [0.15, 0.2) is 30.6 Å². The highest BCUT2D eigenvalue weighted by atomic mass is 15.4. The van der Waals surface area contributed by atoms with Gasteiger partial charge in [0.05, 0.1) is 11.9 Å². The fourth-order valence-corrected chi connectivity index (χ4v) is 3.44. The van der Waals surface area contributed by atoms with Crippen molar-refractivity contribution in [2.75, 3.05) is 44.2 Å². The predicted molar refractivity (Wildman–Crippen MR) is 88.1 cm³/mol. The second-order valence-electron chi connectivity index (χ2n) is 6.41. The van der Waals surface area contributed by atoms with Crippen LogP contribution < -0.4 is 4.90 Å². The van der Waals surface area contributed by atoms with Gasteiger partial charge in [-0.25, -0.2) is 4.98 Å². The van der Waals surface area contributed by atoms with Crippen LogP contribution in [-0.4, -0.2) is 75.1 Å². The van der Waals surface area contributed by atoms with Crippen LogP contribution in [0.2, 0.25) is 0 Å². The summed E-state index contributed by atoms with van der Waals surface area (Å²) >= 11 is 0. The fraction of sp³-hybridized carbons (Fsp3) is 0.562. The van der Waals surface area contributed by atoms with Gasteiger partial charge in [0.2, 0.25) is 0 Å². The second-order valence-corrected chi connectivity index (χ2v) is 6.41. The van der Waals surface area contributed by atoms with Crippen LogP contribution in [0.4, 0.5) is 5.82 Å². The van der Waals surface area contributed by atoms with E-state index >= 15 is 0 Å². The third kappa shape index (κ3) is 3.07. The van der Waals surface area contributed by atoms with Crippen molar-refractivity contribution < 1.29 is 0 Å². The monoisotopic (exact) mass is 313 g/mol. The molecule has 2 aliphatic heterocycles. The van der Waals surface area contributed by atoms with Crippen LogP contribution >= 0.6 is 0 Å². The molecule has 0 spiro atoms. The molecular formula is C16H23N7. The van der Waals surface area contributed by atoms with E-state index in [-0.39, 0.29) is 0 Å². The minimum atomic E-state index is 0.696. The van der Waals surface area contributed by atoms with Gasteiger partial charge in [-0.3, -0.25) is 14.5 Å². The molecule has 2 fully saturated rings. The van der Waals surface area contributed by atoms with Gasteiger partial charge in [0.25, 0.3) is 0 Å². The number of nitrogens with zero attached hydrogens (tertiary/aromatic N) is 7. The number of aryl methyl sites for hydroxylation is 1. The Kier molecular flexibility index (Phi) is 3.97. The van der Waals surface area contributed by atoms with Gasteiger partial charge in [0.1, 0.15) is 5.82 Å². The average molecular weight is 313 g/mol. The van der Waals surface area contributed by atoms with Crippen LogP contribution in [-0.2, 0) is 13.6 Å². The van der Waals surface area contributed by atoms with Crippen LogP contribution in [0.5, 0.6) is 0 Å². The maximum absolute atomic E-state index is 4.45. The molecule has 0 unspecified atom stereocenters. The smallest absolute Gasteiger partial charge is 0.128 e. The molecule has 7 heteroatoms. The summed E-state index contributed by atoms with van der Waals surface area (Å²) in [7, 11) is 1.95. The number of likely N-dealkylation sites (tertiary alicyclic amines) is 1. The number of hydrogen-bond donors (Lipinski definition) is 0. The van der Waals surface area contributed by atoms with Crippen molar-refractivity contribution in [1.29, 1.82) is 0 Å². The summed E-state index contributed by atoms with van der Waals surface area (Å²) in [6.45, 7) is 7.64. The largest absolute Gasteiger partial charge is 0.354 e. The van der Waals surface area contributed by atoms with Crippen LogP contribution in [0.1, 0.15) is 5.69 Å². The highest BCUT2D eigenvalue weighted by Crippen LogP contribution is 2.20. The first-order valence-electron chi connectivity index (χ1n) is 8.25. The lowest BCUT2D eigenvalue weighted by Gasteiger charge is -2.48. The second kappa shape index (κ2) is 6.25. The molecule has 0 saturated carbocycles. The van der Waals surface area contributed by atoms with Gasteiger partial charge in [-0.15, -0.1) is 5.10 Å². The lowest BCUT2D eigenvalue weighted by molar-refractivity contribution is 0.0241. The zero-order valence-electron chi connectivity index (χ0n) is 13.5. The summed E-state index contributed by atoms with van der Waals surface area (Å²) in [4.78, 5) is 11.9. The Bertz CT molecular complexity index is 627. The summed E-state index contributed by atoms with van der Waals surface area (Å²) in [5, 5.41) is 7.94. The zero-order chi connectivity index (χ0) is 15.6. The molecular weight excluding hydrogens is 290 g/mol. The molecule has 2 saturated heterocycles. The molecule has 4 rings (SSSR count). The van der Waals surface area contributed by atoms with E-state index in [0.29, 0.717) is 6.04 Å². The molecule has 2 aliphatic rings. The van der Waals surface area contributed by atoms with Crippen molar-refractivity contribution in [2.45, 2.75) is 12.6 Å². The van der Waals surface area contributed by atoms with Crippen molar-refractivity contribution in [1.82, 2.24) is 29.8 Å². The first kappa shape index (κ1) is 14.6. The van der Waals surface area contributed by atoms with Gasteiger partial charge in [0, 0.05) is 65.1 Å². The van der Waals surface area contributed by atoms with Gasteiger partial charge in [-0.05, 0) is 12.1 Å². The highest BCUT2D eigenvalue weighted by Gasteiger charge is 2.33. The van der Waals surface area contributed by atoms with Crippen LogP contribution in [0, 0.1) is 0 Å². The van der Waals surface area contributed by atoms with Crippen molar-refractivity contribution >= 4 is 5.82 Å². The SMILES string of the molecule is Cn1nncc1CN1CC(N2CCN(c3ccccn3)CC2)C1. The molecule has 0 aliphatic carbocycles. The Balaban J connectivity index is 1.24. The van der Waals surface area contributed by atoms with E-state index in [4.69, 9.17) is 0 Å². The summed E-state index contributed by atoms with van der Waals surface area (Å²) < 4.78 is 1.86. The molecule has 2 aromatic heterocycles. The maximum atomic E-state index is 4.45. The molecule has 0 aromatic carbocycles. The molecule has 122 valence electrons. The summed E-state index contributed by atoms with van der Waals surface area (Å²) in [5.74, 6) is 1.10. The Morgan fingerprint density at radius 1 is 1.13 bits per heavy atom. The first-order valence-corrected chi connectivity index (χ1v) is 8.25. The lowest BCUT2D eigenvalue weighted by Crippen LogP contribution is -2.62. The van der Waals surface area contributed by atoms with Gasteiger partial charge < -0.3 is 4.90 Å². The molecule has 0 bridgehead atoms. The average Bonchev–Trinajstić information content (AvgIpc) is 2.97. The number of hydrogen-bond acceptors (Lipinski definition) is 6. The minimum absolute atomic E-state index is 0.696. The van der Waals surface area contributed by atoms with Crippen molar-refractivity contribution in [3.63, 3.8) is 0 Å². The van der Waals surface area contributed by atoms with Gasteiger partial charge in [-0.1, -0.05) is 11.3 Å². The minimum Gasteiger partial charge on any atom is -0.354 e. The number of aromatic nitrogens is 4. The summed E-state index contributed by atoms with van der Waals surface area (Å²) in [6, 6.07) is 6.83. The molecule has 7 nitrogen and oxygen atoms in total. The van der Waals surface area contributed by atoms with Crippen molar-refractivity contribution in [2.24, 2.45) is 7.05 Å². The standard InChI is InChI=1S/C16H23N7/c1-20-14(10-18-19-20)11-21-12-15(13-21)22-6-8-23(9-7-22)16-4-2-3-5-17-16/h2-5,10,15H,6-9,11-13H2,1H3. The topological polar surface area (TPSA) is 53.3 Å². The van der Waals surface area contributed by atoms with Crippen molar-refractivity contribution in [3.8, 4) is 0 Å². The quantitative estimate of drug-likeness (QED) is 0.805.